The first kappa shape index (κ1) is 18.1. The third kappa shape index (κ3) is 4.12. The highest BCUT2D eigenvalue weighted by Gasteiger charge is 2.25. The number of aryl methyl sites for hydroxylation is 2. The zero-order valence-corrected chi connectivity index (χ0v) is 15.9. The fourth-order valence-electron chi connectivity index (χ4n) is 3.40. The summed E-state index contributed by atoms with van der Waals surface area (Å²) in [5.74, 6) is 0.498. The van der Waals surface area contributed by atoms with Crippen molar-refractivity contribution in [3.05, 3.63) is 17.6 Å². The van der Waals surface area contributed by atoms with E-state index in [1.807, 2.05) is 13.8 Å². The van der Waals surface area contributed by atoms with Crippen LogP contribution in [0.15, 0.2) is 6.33 Å². The Morgan fingerprint density at radius 2 is 2.04 bits per heavy atom. The molecule has 0 aliphatic heterocycles. The van der Waals surface area contributed by atoms with Crippen molar-refractivity contribution in [1.29, 1.82) is 0 Å². The second kappa shape index (κ2) is 6.57. The van der Waals surface area contributed by atoms with Gasteiger partial charge in [0.2, 0.25) is 0 Å². The molecule has 0 unspecified atom stereocenters. The van der Waals surface area contributed by atoms with Gasteiger partial charge in [-0.05, 0) is 45.1 Å². The SMILES string of the molecule is CC(C)(Cn1cnc2c(N)nc3c(c21)CCCC3)OCCS(C)(=O)=O. The minimum atomic E-state index is -3.03. The number of nitrogen functional groups attached to an aromatic ring is 1. The normalized spacial score (nSPS) is 15.5. The van der Waals surface area contributed by atoms with Crippen LogP contribution in [0.4, 0.5) is 5.82 Å². The molecule has 0 aromatic carbocycles. The van der Waals surface area contributed by atoms with E-state index >= 15 is 0 Å². The van der Waals surface area contributed by atoms with Crippen LogP contribution in [0.5, 0.6) is 0 Å². The van der Waals surface area contributed by atoms with Crippen molar-refractivity contribution in [2.45, 2.75) is 51.7 Å². The largest absolute Gasteiger partial charge is 0.382 e. The highest BCUT2D eigenvalue weighted by molar-refractivity contribution is 7.90. The molecule has 0 amide bonds. The zero-order valence-electron chi connectivity index (χ0n) is 15.1. The summed E-state index contributed by atoms with van der Waals surface area (Å²) in [5, 5.41) is 0. The van der Waals surface area contributed by atoms with Crippen molar-refractivity contribution in [1.82, 2.24) is 14.5 Å². The minimum Gasteiger partial charge on any atom is -0.382 e. The van der Waals surface area contributed by atoms with E-state index in [2.05, 4.69) is 14.5 Å². The van der Waals surface area contributed by atoms with Crippen molar-refractivity contribution >= 4 is 26.7 Å². The molecule has 3 rings (SSSR count). The van der Waals surface area contributed by atoms with Gasteiger partial charge in [0.15, 0.2) is 5.82 Å². The fourth-order valence-corrected chi connectivity index (χ4v) is 3.78. The average molecular weight is 366 g/mol. The van der Waals surface area contributed by atoms with E-state index in [4.69, 9.17) is 10.5 Å². The van der Waals surface area contributed by atoms with Crippen molar-refractivity contribution in [3.63, 3.8) is 0 Å². The lowest BCUT2D eigenvalue weighted by Gasteiger charge is -2.27. The summed E-state index contributed by atoms with van der Waals surface area (Å²) in [7, 11) is -3.03. The summed E-state index contributed by atoms with van der Waals surface area (Å²) in [4.78, 5) is 8.99. The minimum absolute atomic E-state index is 0.0212. The number of pyridine rings is 1. The number of anilines is 1. The topological polar surface area (TPSA) is 100 Å². The van der Waals surface area contributed by atoms with Crippen molar-refractivity contribution < 1.29 is 13.2 Å². The summed E-state index contributed by atoms with van der Waals surface area (Å²) in [6.45, 7) is 4.67. The molecular weight excluding hydrogens is 340 g/mol. The predicted octanol–water partition coefficient (Wildman–Crippen LogP) is 1.73. The van der Waals surface area contributed by atoms with Gasteiger partial charge >= 0.3 is 0 Å². The van der Waals surface area contributed by atoms with Gasteiger partial charge in [0.25, 0.3) is 0 Å². The van der Waals surface area contributed by atoms with E-state index < -0.39 is 15.4 Å². The smallest absolute Gasteiger partial charge is 0.151 e. The predicted molar refractivity (Wildman–Crippen MR) is 98.3 cm³/mol. The molecule has 138 valence electrons. The molecule has 2 N–H and O–H groups in total. The highest BCUT2D eigenvalue weighted by Crippen LogP contribution is 2.31. The van der Waals surface area contributed by atoms with E-state index in [9.17, 15) is 8.42 Å². The van der Waals surface area contributed by atoms with Crippen molar-refractivity contribution in [2.24, 2.45) is 0 Å². The Hall–Kier alpha value is -1.67. The number of nitrogens with two attached hydrogens (primary N) is 1. The standard InChI is InChI=1S/C17H26N4O3S/c1-17(2,24-8-9-25(3,22)23)10-21-11-19-14-15(21)12-6-4-5-7-13(12)20-16(14)18/h11H,4-10H2,1-3H3,(H2,18,20). The lowest BCUT2D eigenvalue weighted by molar-refractivity contribution is -0.0206. The third-order valence-electron chi connectivity index (χ3n) is 4.56. The van der Waals surface area contributed by atoms with Gasteiger partial charge in [-0.1, -0.05) is 0 Å². The maximum Gasteiger partial charge on any atom is 0.151 e. The van der Waals surface area contributed by atoms with Crippen LogP contribution in [0.2, 0.25) is 0 Å². The molecule has 1 aliphatic rings. The number of hydrogen-bond acceptors (Lipinski definition) is 6. The summed E-state index contributed by atoms with van der Waals surface area (Å²) in [6.07, 6.45) is 7.22. The molecule has 0 saturated carbocycles. The maximum absolute atomic E-state index is 11.3. The van der Waals surface area contributed by atoms with Crippen LogP contribution >= 0.6 is 0 Å². The Morgan fingerprint density at radius 1 is 1.32 bits per heavy atom. The molecule has 0 bridgehead atoms. The van der Waals surface area contributed by atoms with Crippen LogP contribution in [0, 0.1) is 0 Å². The molecule has 2 heterocycles. The Bertz CT molecular complexity index is 887. The molecule has 0 radical (unpaired) electrons. The number of imidazole rings is 1. The number of rotatable bonds is 6. The molecule has 1 aliphatic carbocycles. The zero-order chi connectivity index (χ0) is 18.2. The second-order valence-corrected chi connectivity index (χ2v) is 9.70. The van der Waals surface area contributed by atoms with Gasteiger partial charge in [0, 0.05) is 11.9 Å². The summed E-state index contributed by atoms with van der Waals surface area (Å²) in [5.41, 5.74) is 9.68. The Balaban J connectivity index is 1.87. The number of ether oxygens (including phenoxy) is 1. The molecule has 0 spiro atoms. The Kier molecular flexibility index (Phi) is 4.76. The quantitative estimate of drug-likeness (QED) is 0.836. The van der Waals surface area contributed by atoms with Crippen LogP contribution < -0.4 is 5.73 Å². The first-order chi connectivity index (χ1) is 11.7. The maximum atomic E-state index is 11.3. The van der Waals surface area contributed by atoms with Gasteiger partial charge in [-0.15, -0.1) is 0 Å². The van der Waals surface area contributed by atoms with E-state index in [-0.39, 0.29) is 12.4 Å². The van der Waals surface area contributed by atoms with Gasteiger partial charge in [0.1, 0.15) is 15.4 Å². The van der Waals surface area contributed by atoms with Crippen molar-refractivity contribution in [3.8, 4) is 0 Å². The van der Waals surface area contributed by atoms with Crippen LogP contribution in [0.1, 0.15) is 37.9 Å². The molecule has 2 aromatic rings. The monoisotopic (exact) mass is 366 g/mol. The van der Waals surface area contributed by atoms with E-state index in [1.165, 1.54) is 11.8 Å². The molecule has 8 heteroatoms. The molecule has 0 fully saturated rings. The number of fused-ring (bicyclic) bond motifs is 3. The molecule has 2 aromatic heterocycles. The molecule has 0 saturated heterocycles. The molecule has 25 heavy (non-hydrogen) atoms. The first-order valence-corrected chi connectivity index (χ1v) is 10.7. The lowest BCUT2D eigenvalue weighted by Crippen LogP contribution is -2.32. The number of aromatic nitrogens is 3. The van der Waals surface area contributed by atoms with E-state index in [0.717, 1.165) is 42.4 Å². The van der Waals surface area contributed by atoms with Crippen LogP contribution in [-0.2, 0) is 34.0 Å². The van der Waals surface area contributed by atoms with Gasteiger partial charge in [-0.3, -0.25) is 0 Å². The fraction of sp³-hybridized carbons (Fsp3) is 0.647. The number of hydrogen-bond donors (Lipinski definition) is 1. The molecular formula is C17H26N4O3S. The molecule has 7 nitrogen and oxygen atoms in total. The van der Waals surface area contributed by atoms with Gasteiger partial charge in [0.05, 0.1) is 36.3 Å². The lowest BCUT2D eigenvalue weighted by atomic mass is 9.94. The van der Waals surface area contributed by atoms with Gasteiger partial charge in [-0.2, -0.15) is 0 Å². The van der Waals surface area contributed by atoms with Crippen LogP contribution in [-0.4, -0.2) is 47.2 Å². The second-order valence-electron chi connectivity index (χ2n) is 7.44. The summed E-state index contributed by atoms with van der Waals surface area (Å²) in [6, 6.07) is 0. The first-order valence-electron chi connectivity index (χ1n) is 8.60. The third-order valence-corrected chi connectivity index (χ3v) is 5.47. The van der Waals surface area contributed by atoms with Crippen LogP contribution in [0.25, 0.3) is 11.0 Å². The summed E-state index contributed by atoms with van der Waals surface area (Å²) < 4.78 is 30.5. The average Bonchev–Trinajstić information content (AvgIpc) is 2.90. The number of sulfone groups is 1. The van der Waals surface area contributed by atoms with E-state index in [1.54, 1.807) is 6.33 Å². The van der Waals surface area contributed by atoms with Gasteiger partial charge < -0.3 is 15.0 Å². The van der Waals surface area contributed by atoms with Gasteiger partial charge in [-0.25, -0.2) is 18.4 Å². The Labute approximate surface area is 148 Å². The molecule has 0 atom stereocenters. The van der Waals surface area contributed by atoms with Crippen LogP contribution in [0.3, 0.4) is 0 Å². The van der Waals surface area contributed by atoms with E-state index in [0.29, 0.717) is 12.4 Å². The summed E-state index contributed by atoms with van der Waals surface area (Å²) >= 11 is 0. The van der Waals surface area contributed by atoms with Crippen molar-refractivity contribution in [2.75, 3.05) is 24.3 Å². The highest BCUT2D eigenvalue weighted by atomic mass is 32.2. The number of nitrogens with zero attached hydrogens (tertiary/aromatic N) is 3. The Morgan fingerprint density at radius 3 is 2.76 bits per heavy atom.